The Morgan fingerprint density at radius 3 is 2.60 bits per heavy atom. The van der Waals surface area contributed by atoms with Crippen molar-refractivity contribution in [1.29, 1.82) is 0 Å². The molecule has 0 radical (unpaired) electrons. The molecule has 1 aromatic rings. The Hall–Kier alpha value is -1.07. The molecule has 0 saturated heterocycles. The number of rotatable bonds is 5. The van der Waals surface area contributed by atoms with Gasteiger partial charge in [-0.1, -0.05) is 0 Å². The summed E-state index contributed by atoms with van der Waals surface area (Å²) >= 11 is 1.66. The Morgan fingerprint density at radius 2 is 2.00 bits per heavy atom. The number of carboxylic acids is 1. The maximum Gasteiger partial charge on any atom is 0.323 e. The second kappa shape index (κ2) is 5.37. The predicted octanol–water partition coefficient (Wildman–Crippen LogP) is 3.05. The lowest BCUT2D eigenvalue weighted by Crippen LogP contribution is -2.51. The number of carbonyl (C=O) groups is 1. The van der Waals surface area contributed by atoms with Gasteiger partial charge in [-0.3, -0.25) is 10.1 Å². The van der Waals surface area contributed by atoms with Crippen LogP contribution in [0.2, 0.25) is 0 Å². The molecular formula is C15H18FNO2S. The van der Waals surface area contributed by atoms with Crippen molar-refractivity contribution in [1.82, 2.24) is 5.32 Å². The van der Waals surface area contributed by atoms with Gasteiger partial charge in [0.25, 0.3) is 0 Å². The number of thioether (sulfide) groups is 1. The second-order valence-electron chi connectivity index (χ2n) is 5.74. The highest BCUT2D eigenvalue weighted by Gasteiger charge is 2.48. The zero-order chi connectivity index (χ0) is 14.2. The molecule has 2 aliphatic rings. The lowest BCUT2D eigenvalue weighted by Gasteiger charge is -2.26. The van der Waals surface area contributed by atoms with Crippen LogP contribution in [0.15, 0.2) is 29.2 Å². The molecule has 108 valence electrons. The van der Waals surface area contributed by atoms with Crippen LogP contribution in [0.25, 0.3) is 0 Å². The molecule has 20 heavy (non-hydrogen) atoms. The van der Waals surface area contributed by atoms with Gasteiger partial charge < -0.3 is 5.11 Å². The van der Waals surface area contributed by atoms with Crippen molar-refractivity contribution in [2.24, 2.45) is 0 Å². The van der Waals surface area contributed by atoms with Crippen LogP contribution in [-0.2, 0) is 4.79 Å². The summed E-state index contributed by atoms with van der Waals surface area (Å²) in [5.74, 6) is -0.970. The first-order valence-corrected chi connectivity index (χ1v) is 7.89. The van der Waals surface area contributed by atoms with E-state index in [1.807, 2.05) is 0 Å². The number of hydrogen-bond acceptors (Lipinski definition) is 3. The lowest BCUT2D eigenvalue weighted by atomic mass is 9.98. The lowest BCUT2D eigenvalue weighted by molar-refractivity contribution is -0.144. The highest BCUT2D eigenvalue weighted by molar-refractivity contribution is 8.00. The maximum atomic E-state index is 12.9. The van der Waals surface area contributed by atoms with Crippen LogP contribution in [0.3, 0.4) is 0 Å². The van der Waals surface area contributed by atoms with Gasteiger partial charge in [0.1, 0.15) is 11.4 Å². The zero-order valence-electron chi connectivity index (χ0n) is 11.1. The van der Waals surface area contributed by atoms with Gasteiger partial charge in [-0.05, 0) is 56.4 Å². The molecule has 2 atom stereocenters. The van der Waals surface area contributed by atoms with Crippen molar-refractivity contribution in [3.63, 3.8) is 0 Å². The molecule has 3 rings (SSSR count). The Morgan fingerprint density at radius 1 is 1.30 bits per heavy atom. The van der Waals surface area contributed by atoms with E-state index in [1.165, 1.54) is 12.1 Å². The van der Waals surface area contributed by atoms with Crippen molar-refractivity contribution >= 4 is 17.7 Å². The number of benzene rings is 1. The summed E-state index contributed by atoms with van der Waals surface area (Å²) in [5, 5.41) is 13.1. The van der Waals surface area contributed by atoms with E-state index in [1.54, 1.807) is 23.9 Å². The molecule has 2 fully saturated rings. The first kappa shape index (κ1) is 13.9. The first-order chi connectivity index (χ1) is 9.57. The number of hydrogen-bond donors (Lipinski definition) is 2. The van der Waals surface area contributed by atoms with Gasteiger partial charge in [-0.25, -0.2) is 4.39 Å². The van der Waals surface area contributed by atoms with Crippen LogP contribution in [-0.4, -0.2) is 27.9 Å². The van der Waals surface area contributed by atoms with Crippen LogP contribution < -0.4 is 5.32 Å². The van der Waals surface area contributed by atoms with Gasteiger partial charge in [0, 0.05) is 16.2 Å². The number of aliphatic carboxylic acids is 1. The average molecular weight is 295 g/mol. The van der Waals surface area contributed by atoms with Crippen molar-refractivity contribution in [3.05, 3.63) is 30.1 Å². The third-order valence-electron chi connectivity index (χ3n) is 4.05. The van der Waals surface area contributed by atoms with Crippen LogP contribution in [0.5, 0.6) is 0 Å². The second-order valence-corrected chi connectivity index (χ2v) is 7.12. The quantitative estimate of drug-likeness (QED) is 0.876. The summed E-state index contributed by atoms with van der Waals surface area (Å²) in [5.41, 5.74) is -0.751. The van der Waals surface area contributed by atoms with E-state index in [9.17, 15) is 14.3 Å². The van der Waals surface area contributed by atoms with Crippen LogP contribution in [0.4, 0.5) is 4.39 Å². The summed E-state index contributed by atoms with van der Waals surface area (Å²) in [6.45, 7) is 0. The number of carboxylic acid groups (broad SMARTS) is 1. The first-order valence-electron chi connectivity index (χ1n) is 7.01. The van der Waals surface area contributed by atoms with Gasteiger partial charge in [-0.15, -0.1) is 11.8 Å². The van der Waals surface area contributed by atoms with Gasteiger partial charge >= 0.3 is 5.97 Å². The summed E-state index contributed by atoms with van der Waals surface area (Å²) < 4.78 is 12.9. The molecule has 0 amide bonds. The molecular weight excluding hydrogens is 277 g/mol. The van der Waals surface area contributed by atoms with Gasteiger partial charge in [-0.2, -0.15) is 0 Å². The summed E-state index contributed by atoms with van der Waals surface area (Å²) in [6.07, 6.45) is 4.38. The third kappa shape index (κ3) is 2.99. The summed E-state index contributed by atoms with van der Waals surface area (Å²) in [6, 6.07) is 6.80. The molecule has 0 aromatic heterocycles. The SMILES string of the molecule is O=C(O)C1(NC2CC2)CCC(Sc2ccc(F)cc2)C1. The van der Waals surface area contributed by atoms with E-state index >= 15 is 0 Å². The Labute approximate surface area is 121 Å². The normalized spacial score (nSPS) is 29.6. The topological polar surface area (TPSA) is 49.3 Å². The fourth-order valence-electron chi connectivity index (χ4n) is 2.81. The molecule has 0 bridgehead atoms. The van der Waals surface area contributed by atoms with Crippen molar-refractivity contribution < 1.29 is 14.3 Å². The van der Waals surface area contributed by atoms with Gasteiger partial charge in [0.05, 0.1) is 0 Å². The minimum Gasteiger partial charge on any atom is -0.480 e. The molecule has 2 saturated carbocycles. The maximum absolute atomic E-state index is 12.9. The molecule has 2 N–H and O–H groups in total. The summed E-state index contributed by atoms with van der Waals surface area (Å²) in [4.78, 5) is 12.6. The van der Waals surface area contributed by atoms with Crippen LogP contribution in [0, 0.1) is 5.82 Å². The van der Waals surface area contributed by atoms with Crippen molar-refractivity contribution in [2.75, 3.05) is 0 Å². The molecule has 1 aromatic carbocycles. The van der Waals surface area contributed by atoms with E-state index in [2.05, 4.69) is 5.32 Å². The van der Waals surface area contributed by atoms with Crippen LogP contribution >= 0.6 is 11.8 Å². The molecule has 0 aliphatic heterocycles. The van der Waals surface area contributed by atoms with E-state index < -0.39 is 11.5 Å². The average Bonchev–Trinajstić information content (AvgIpc) is 3.12. The van der Waals surface area contributed by atoms with Gasteiger partial charge in [0.2, 0.25) is 0 Å². The number of nitrogens with one attached hydrogen (secondary N) is 1. The van der Waals surface area contributed by atoms with E-state index in [4.69, 9.17) is 0 Å². The van der Waals surface area contributed by atoms with Gasteiger partial charge in [0.15, 0.2) is 0 Å². The van der Waals surface area contributed by atoms with Crippen molar-refractivity contribution in [3.8, 4) is 0 Å². The smallest absolute Gasteiger partial charge is 0.323 e. The largest absolute Gasteiger partial charge is 0.480 e. The van der Waals surface area contributed by atoms with E-state index in [0.717, 1.165) is 24.2 Å². The molecule has 2 unspecified atom stereocenters. The minimum absolute atomic E-state index is 0.240. The predicted molar refractivity (Wildman–Crippen MR) is 76.4 cm³/mol. The minimum atomic E-state index is -0.751. The third-order valence-corrected chi connectivity index (χ3v) is 5.33. The zero-order valence-corrected chi connectivity index (χ0v) is 12.0. The van der Waals surface area contributed by atoms with Crippen molar-refractivity contribution in [2.45, 2.75) is 53.8 Å². The monoisotopic (exact) mass is 295 g/mol. The van der Waals surface area contributed by atoms with Crippen LogP contribution in [0.1, 0.15) is 32.1 Å². The molecule has 2 aliphatic carbocycles. The molecule has 3 nitrogen and oxygen atoms in total. The standard InChI is InChI=1S/C15H18FNO2S/c16-10-1-5-12(6-2-10)20-13-7-8-15(9-13,14(18)19)17-11-3-4-11/h1-2,5-6,11,13,17H,3-4,7-9H2,(H,18,19). The molecule has 5 heteroatoms. The number of halogens is 1. The molecule has 0 spiro atoms. The van der Waals surface area contributed by atoms with E-state index in [-0.39, 0.29) is 11.1 Å². The highest BCUT2D eigenvalue weighted by atomic mass is 32.2. The summed E-state index contributed by atoms with van der Waals surface area (Å²) in [7, 11) is 0. The van der Waals surface area contributed by atoms with E-state index in [0.29, 0.717) is 18.9 Å². The molecule has 0 heterocycles. The Kier molecular flexibility index (Phi) is 3.73. The Bertz CT molecular complexity index is 503. The highest BCUT2D eigenvalue weighted by Crippen LogP contribution is 2.42. The fraction of sp³-hybridized carbons (Fsp3) is 0.533. The fourth-order valence-corrected chi connectivity index (χ4v) is 4.09. The Balaban J connectivity index is 1.65.